The maximum absolute atomic E-state index is 11.8. The van der Waals surface area contributed by atoms with Crippen molar-refractivity contribution in [1.29, 1.82) is 0 Å². The highest BCUT2D eigenvalue weighted by atomic mass is 16.5. The van der Waals surface area contributed by atoms with Crippen molar-refractivity contribution in [2.75, 3.05) is 13.7 Å². The number of carbonyl (C=O) groups excluding carboxylic acids is 1. The number of carbonyl (C=O) groups is 1. The number of rotatable bonds is 3. The van der Waals surface area contributed by atoms with Gasteiger partial charge in [-0.25, -0.2) is 0 Å². The summed E-state index contributed by atoms with van der Waals surface area (Å²) in [6.07, 6.45) is 0.599. The summed E-state index contributed by atoms with van der Waals surface area (Å²) >= 11 is 0. The lowest BCUT2D eigenvalue weighted by Crippen LogP contribution is -2.29. The molecule has 0 heterocycles. The molecular formula is C14H18O4. The normalized spacial score (nSPS) is 22.2. The van der Waals surface area contributed by atoms with E-state index in [9.17, 15) is 9.90 Å². The lowest BCUT2D eigenvalue weighted by atomic mass is 9.81. The van der Waals surface area contributed by atoms with Crippen LogP contribution in [0.4, 0.5) is 0 Å². The van der Waals surface area contributed by atoms with E-state index in [2.05, 4.69) is 0 Å². The van der Waals surface area contributed by atoms with Gasteiger partial charge in [0.15, 0.2) is 0 Å². The third-order valence-electron chi connectivity index (χ3n) is 3.37. The van der Waals surface area contributed by atoms with E-state index >= 15 is 0 Å². The summed E-state index contributed by atoms with van der Waals surface area (Å²) in [5.41, 5.74) is 1.85. The van der Waals surface area contributed by atoms with Gasteiger partial charge in [0.05, 0.1) is 25.7 Å². The van der Waals surface area contributed by atoms with Crippen molar-refractivity contribution in [1.82, 2.24) is 0 Å². The highest BCUT2D eigenvalue weighted by molar-refractivity contribution is 5.74. The molecule has 98 valence electrons. The minimum Gasteiger partial charge on any atom is -0.497 e. The van der Waals surface area contributed by atoms with Crippen LogP contribution < -0.4 is 4.74 Å². The number of benzene rings is 1. The molecule has 2 rings (SSSR count). The highest BCUT2D eigenvalue weighted by Gasteiger charge is 2.34. The molecule has 0 bridgehead atoms. The number of methoxy groups -OCH3 is 1. The smallest absolute Gasteiger partial charge is 0.311 e. The molecule has 1 aliphatic rings. The van der Waals surface area contributed by atoms with Gasteiger partial charge < -0.3 is 14.6 Å². The van der Waals surface area contributed by atoms with Crippen LogP contribution in [0, 0.1) is 5.92 Å². The Labute approximate surface area is 107 Å². The maximum atomic E-state index is 11.8. The van der Waals surface area contributed by atoms with Crippen molar-refractivity contribution < 1.29 is 19.4 Å². The molecule has 0 spiro atoms. The van der Waals surface area contributed by atoms with Crippen molar-refractivity contribution >= 4 is 5.97 Å². The Morgan fingerprint density at radius 1 is 1.50 bits per heavy atom. The average Bonchev–Trinajstić information content (AvgIpc) is 2.39. The van der Waals surface area contributed by atoms with Gasteiger partial charge in [-0.2, -0.15) is 0 Å². The summed E-state index contributed by atoms with van der Waals surface area (Å²) < 4.78 is 10.1. The molecule has 18 heavy (non-hydrogen) atoms. The zero-order valence-electron chi connectivity index (χ0n) is 10.7. The topological polar surface area (TPSA) is 55.8 Å². The lowest BCUT2D eigenvalue weighted by Gasteiger charge is -2.28. The van der Waals surface area contributed by atoms with Crippen LogP contribution in [0.3, 0.4) is 0 Å². The molecule has 0 aromatic heterocycles. The second-order valence-corrected chi connectivity index (χ2v) is 4.41. The molecule has 0 saturated heterocycles. The van der Waals surface area contributed by atoms with E-state index < -0.39 is 12.0 Å². The van der Waals surface area contributed by atoms with Crippen LogP contribution >= 0.6 is 0 Å². The Bertz CT molecular complexity index is 441. The van der Waals surface area contributed by atoms with Crippen LogP contribution in [0.5, 0.6) is 5.75 Å². The number of aliphatic hydroxyl groups excluding tert-OH is 1. The first-order valence-electron chi connectivity index (χ1n) is 6.19. The van der Waals surface area contributed by atoms with Crippen molar-refractivity contribution in [2.45, 2.75) is 25.9 Å². The quantitative estimate of drug-likeness (QED) is 0.832. The Morgan fingerprint density at radius 3 is 2.94 bits per heavy atom. The minimum absolute atomic E-state index is 0.321. The summed E-state index contributed by atoms with van der Waals surface area (Å²) in [6, 6.07) is 5.61. The minimum atomic E-state index is -0.803. The molecule has 0 radical (unpaired) electrons. The van der Waals surface area contributed by atoms with Gasteiger partial charge in [0, 0.05) is 0 Å². The van der Waals surface area contributed by atoms with Crippen molar-refractivity contribution in [3.8, 4) is 5.75 Å². The molecule has 0 unspecified atom stereocenters. The van der Waals surface area contributed by atoms with Gasteiger partial charge in [0.2, 0.25) is 0 Å². The number of hydrogen-bond donors (Lipinski definition) is 1. The molecule has 4 nitrogen and oxygen atoms in total. The van der Waals surface area contributed by atoms with E-state index in [0.29, 0.717) is 18.8 Å². The Balaban J connectivity index is 2.26. The van der Waals surface area contributed by atoms with Crippen molar-refractivity contribution in [3.63, 3.8) is 0 Å². The van der Waals surface area contributed by atoms with Crippen LogP contribution in [0.1, 0.15) is 30.6 Å². The summed E-state index contributed by atoms with van der Waals surface area (Å²) in [4.78, 5) is 11.8. The zero-order valence-corrected chi connectivity index (χ0v) is 10.7. The molecule has 0 saturated carbocycles. The predicted molar refractivity (Wildman–Crippen MR) is 66.4 cm³/mol. The van der Waals surface area contributed by atoms with Gasteiger partial charge in [-0.1, -0.05) is 6.07 Å². The molecule has 1 aliphatic carbocycles. The largest absolute Gasteiger partial charge is 0.497 e. The maximum Gasteiger partial charge on any atom is 0.311 e. The summed E-state index contributed by atoms with van der Waals surface area (Å²) in [5, 5.41) is 10.3. The molecule has 0 fully saturated rings. The lowest BCUT2D eigenvalue weighted by molar-refractivity contribution is -0.153. The van der Waals surface area contributed by atoms with Crippen LogP contribution in [0.15, 0.2) is 18.2 Å². The number of aryl methyl sites for hydroxylation is 1. The van der Waals surface area contributed by atoms with E-state index in [4.69, 9.17) is 9.47 Å². The fourth-order valence-corrected chi connectivity index (χ4v) is 2.38. The predicted octanol–water partition coefficient (Wildman–Crippen LogP) is 1.85. The Morgan fingerprint density at radius 2 is 2.28 bits per heavy atom. The molecule has 4 heteroatoms. The molecule has 1 aromatic carbocycles. The number of aliphatic hydroxyl groups is 1. The fraction of sp³-hybridized carbons (Fsp3) is 0.500. The second kappa shape index (κ2) is 5.40. The van der Waals surface area contributed by atoms with Crippen molar-refractivity contribution in [2.24, 2.45) is 5.92 Å². The monoisotopic (exact) mass is 250 g/mol. The number of fused-ring (bicyclic) bond motifs is 1. The molecule has 0 aliphatic heterocycles. The Kier molecular flexibility index (Phi) is 3.87. The van der Waals surface area contributed by atoms with Crippen LogP contribution in [-0.2, 0) is 16.0 Å². The van der Waals surface area contributed by atoms with Gasteiger partial charge in [0.25, 0.3) is 0 Å². The molecule has 1 N–H and O–H groups in total. The van der Waals surface area contributed by atoms with Crippen LogP contribution in [0.2, 0.25) is 0 Å². The average molecular weight is 250 g/mol. The molecule has 1 aromatic rings. The van der Waals surface area contributed by atoms with Crippen molar-refractivity contribution in [3.05, 3.63) is 29.3 Å². The standard InChI is InChI=1S/C14H18O4/c1-3-18-14(16)11-7-5-9-4-6-10(17-2)8-12(9)13(11)15/h4,6,8,11,13,15H,3,5,7H2,1-2H3/t11-,13+/m1/s1. The van der Waals surface area contributed by atoms with Gasteiger partial charge in [-0.15, -0.1) is 0 Å². The van der Waals surface area contributed by atoms with E-state index in [1.165, 1.54) is 0 Å². The SMILES string of the molecule is CCOC(=O)[C@@H]1CCc2ccc(OC)cc2[C@H]1O. The highest BCUT2D eigenvalue weighted by Crippen LogP contribution is 2.36. The summed E-state index contributed by atoms with van der Waals surface area (Å²) in [6.45, 7) is 2.11. The number of ether oxygens (including phenoxy) is 2. The van der Waals surface area contributed by atoms with Gasteiger partial charge in [-0.3, -0.25) is 4.79 Å². The third kappa shape index (κ3) is 2.34. The number of hydrogen-bond acceptors (Lipinski definition) is 4. The van der Waals surface area contributed by atoms with Gasteiger partial charge >= 0.3 is 5.97 Å². The van der Waals surface area contributed by atoms with E-state index in [1.807, 2.05) is 12.1 Å². The zero-order chi connectivity index (χ0) is 13.1. The van der Waals surface area contributed by atoms with E-state index in [0.717, 1.165) is 17.5 Å². The molecule has 2 atom stereocenters. The fourth-order valence-electron chi connectivity index (χ4n) is 2.38. The van der Waals surface area contributed by atoms with Gasteiger partial charge in [-0.05, 0) is 43.0 Å². The second-order valence-electron chi connectivity index (χ2n) is 4.41. The third-order valence-corrected chi connectivity index (χ3v) is 3.37. The number of esters is 1. The summed E-state index contributed by atoms with van der Waals surface area (Å²) in [5.74, 6) is -0.0969. The first kappa shape index (κ1) is 12.9. The molecule has 0 amide bonds. The van der Waals surface area contributed by atoms with Crippen LogP contribution in [-0.4, -0.2) is 24.8 Å². The molecular weight excluding hydrogens is 232 g/mol. The Hall–Kier alpha value is -1.55. The van der Waals surface area contributed by atoms with Crippen LogP contribution in [0.25, 0.3) is 0 Å². The van der Waals surface area contributed by atoms with E-state index in [-0.39, 0.29) is 5.97 Å². The van der Waals surface area contributed by atoms with Gasteiger partial charge in [0.1, 0.15) is 5.75 Å². The van der Waals surface area contributed by atoms with E-state index in [1.54, 1.807) is 20.1 Å². The summed E-state index contributed by atoms with van der Waals surface area (Å²) in [7, 11) is 1.58. The first-order valence-corrected chi connectivity index (χ1v) is 6.19. The first-order chi connectivity index (χ1) is 8.67.